The summed E-state index contributed by atoms with van der Waals surface area (Å²) in [6.45, 7) is 11.6. The molecule has 1 saturated heterocycles. The smallest absolute Gasteiger partial charge is 0.224 e. The van der Waals surface area contributed by atoms with Crippen LogP contribution in [-0.2, 0) is 14.3 Å². The lowest BCUT2D eigenvalue weighted by molar-refractivity contribution is -0.130. The second-order valence-electron chi connectivity index (χ2n) is 5.71. The fourth-order valence-corrected chi connectivity index (χ4v) is 2.58. The number of carbonyl (C=O) groups is 1. The highest BCUT2D eigenvalue weighted by molar-refractivity contribution is 14.0. The number of ether oxygens (including phenoxy) is 2. The summed E-state index contributed by atoms with van der Waals surface area (Å²) >= 11 is 0. The third kappa shape index (κ3) is 10.9. The van der Waals surface area contributed by atoms with E-state index in [9.17, 15) is 4.79 Å². The quantitative estimate of drug-likeness (QED) is 0.208. The number of amides is 1. The van der Waals surface area contributed by atoms with E-state index in [1.165, 1.54) is 0 Å². The molecular weight excluding hydrogens is 435 g/mol. The van der Waals surface area contributed by atoms with Gasteiger partial charge in [-0.25, -0.2) is 0 Å². The molecule has 0 aromatic heterocycles. The van der Waals surface area contributed by atoms with Gasteiger partial charge in [0.05, 0.1) is 25.9 Å². The van der Waals surface area contributed by atoms with Crippen LogP contribution in [0.2, 0.25) is 0 Å². The Morgan fingerprint density at radius 2 is 2.04 bits per heavy atom. The van der Waals surface area contributed by atoms with Crippen molar-refractivity contribution < 1.29 is 14.3 Å². The number of halogens is 1. The molecule has 0 radical (unpaired) electrons. The van der Waals surface area contributed by atoms with Crippen LogP contribution in [0.3, 0.4) is 0 Å². The lowest BCUT2D eigenvalue weighted by Gasteiger charge is -2.19. The van der Waals surface area contributed by atoms with Crippen molar-refractivity contribution in [3.8, 4) is 0 Å². The summed E-state index contributed by atoms with van der Waals surface area (Å²) in [5, 5.41) is 6.38. The fourth-order valence-electron chi connectivity index (χ4n) is 2.58. The molecule has 1 aliphatic rings. The molecule has 1 heterocycles. The summed E-state index contributed by atoms with van der Waals surface area (Å²) in [6, 6.07) is 0. The molecule has 1 unspecified atom stereocenters. The van der Waals surface area contributed by atoms with Gasteiger partial charge in [0, 0.05) is 39.2 Å². The largest absolute Gasteiger partial charge is 0.377 e. The number of nitrogens with one attached hydrogen (secondary N) is 2. The van der Waals surface area contributed by atoms with E-state index in [0.717, 1.165) is 45.0 Å². The van der Waals surface area contributed by atoms with Crippen LogP contribution in [0.25, 0.3) is 0 Å². The van der Waals surface area contributed by atoms with Crippen molar-refractivity contribution in [2.45, 2.75) is 46.1 Å². The maximum atomic E-state index is 12.0. The van der Waals surface area contributed by atoms with Gasteiger partial charge >= 0.3 is 0 Å². The summed E-state index contributed by atoms with van der Waals surface area (Å²) in [4.78, 5) is 18.3. The highest BCUT2D eigenvalue weighted by atomic mass is 127. The molecule has 1 fully saturated rings. The monoisotopic (exact) mass is 470 g/mol. The summed E-state index contributed by atoms with van der Waals surface area (Å²) < 4.78 is 11.1. The molecule has 25 heavy (non-hydrogen) atoms. The zero-order chi connectivity index (χ0) is 17.6. The number of aliphatic imine (C=N–C) groups is 1. The number of hydrogen-bond acceptors (Lipinski definition) is 4. The molecule has 2 N–H and O–H groups in total. The number of rotatable bonds is 11. The third-order valence-electron chi connectivity index (χ3n) is 3.92. The SMILES string of the molecule is CCNC(=NCCOCC1CCCO1)NCCC(=O)N(CC)CC.I. The topological polar surface area (TPSA) is 75.2 Å². The molecule has 0 spiro atoms. The first-order valence-electron chi connectivity index (χ1n) is 9.20. The third-order valence-corrected chi connectivity index (χ3v) is 3.92. The van der Waals surface area contributed by atoms with Crippen LogP contribution in [0, 0.1) is 0 Å². The van der Waals surface area contributed by atoms with E-state index in [-0.39, 0.29) is 36.0 Å². The van der Waals surface area contributed by atoms with E-state index in [4.69, 9.17) is 9.47 Å². The standard InChI is InChI=1S/C17H34N4O3.HI/c1-4-18-17(19-10-9-16(22)21(5-2)6-3)20-11-13-23-14-15-8-7-12-24-15;/h15H,4-14H2,1-3H3,(H2,18,19,20);1H. The Morgan fingerprint density at radius 1 is 1.28 bits per heavy atom. The zero-order valence-electron chi connectivity index (χ0n) is 15.9. The van der Waals surface area contributed by atoms with E-state index in [0.29, 0.717) is 32.7 Å². The first-order chi connectivity index (χ1) is 11.7. The van der Waals surface area contributed by atoms with E-state index in [2.05, 4.69) is 15.6 Å². The van der Waals surface area contributed by atoms with Crippen LogP contribution in [0.15, 0.2) is 4.99 Å². The molecule has 1 atom stereocenters. The first-order valence-corrected chi connectivity index (χ1v) is 9.20. The molecule has 1 rings (SSSR count). The normalized spacial score (nSPS) is 17.1. The van der Waals surface area contributed by atoms with E-state index in [1.807, 2.05) is 25.7 Å². The second-order valence-corrected chi connectivity index (χ2v) is 5.71. The van der Waals surface area contributed by atoms with Gasteiger partial charge in [-0.1, -0.05) is 0 Å². The average molecular weight is 470 g/mol. The first kappa shape index (κ1) is 24.4. The Morgan fingerprint density at radius 3 is 2.64 bits per heavy atom. The predicted octanol–water partition coefficient (Wildman–Crippen LogP) is 1.61. The lowest BCUT2D eigenvalue weighted by Crippen LogP contribution is -2.40. The molecular formula is C17H35IN4O3. The number of guanidine groups is 1. The van der Waals surface area contributed by atoms with Crippen molar-refractivity contribution in [2.24, 2.45) is 4.99 Å². The summed E-state index contributed by atoms with van der Waals surface area (Å²) in [6.07, 6.45) is 2.95. The van der Waals surface area contributed by atoms with Gasteiger partial charge in [0.2, 0.25) is 5.91 Å². The Hall–Kier alpha value is -0.610. The van der Waals surface area contributed by atoms with E-state index in [1.54, 1.807) is 0 Å². The molecule has 7 nitrogen and oxygen atoms in total. The van der Waals surface area contributed by atoms with Gasteiger partial charge in [0.15, 0.2) is 5.96 Å². The van der Waals surface area contributed by atoms with Crippen LogP contribution in [0.1, 0.15) is 40.0 Å². The van der Waals surface area contributed by atoms with Crippen LogP contribution < -0.4 is 10.6 Å². The van der Waals surface area contributed by atoms with Gasteiger partial charge in [0.1, 0.15) is 0 Å². The van der Waals surface area contributed by atoms with E-state index < -0.39 is 0 Å². The Labute approximate surface area is 169 Å². The molecule has 0 aromatic carbocycles. The molecule has 8 heteroatoms. The Bertz CT molecular complexity index is 373. The predicted molar refractivity (Wildman–Crippen MR) is 112 cm³/mol. The maximum Gasteiger partial charge on any atom is 0.224 e. The van der Waals surface area contributed by atoms with Gasteiger partial charge < -0.3 is 25.0 Å². The van der Waals surface area contributed by atoms with Crippen molar-refractivity contribution in [3.63, 3.8) is 0 Å². The average Bonchev–Trinajstić information content (AvgIpc) is 3.09. The highest BCUT2D eigenvalue weighted by Crippen LogP contribution is 2.11. The second kappa shape index (κ2) is 15.6. The summed E-state index contributed by atoms with van der Waals surface area (Å²) in [7, 11) is 0. The summed E-state index contributed by atoms with van der Waals surface area (Å²) in [5.41, 5.74) is 0. The van der Waals surface area contributed by atoms with Crippen molar-refractivity contribution in [2.75, 3.05) is 52.5 Å². The molecule has 0 aliphatic carbocycles. The number of hydrogen-bond donors (Lipinski definition) is 2. The van der Waals surface area contributed by atoms with Gasteiger partial charge in [-0.05, 0) is 33.6 Å². The van der Waals surface area contributed by atoms with Crippen LogP contribution >= 0.6 is 24.0 Å². The summed E-state index contributed by atoms with van der Waals surface area (Å²) in [5.74, 6) is 0.897. The van der Waals surface area contributed by atoms with Gasteiger partial charge in [-0.2, -0.15) is 0 Å². The van der Waals surface area contributed by atoms with E-state index >= 15 is 0 Å². The van der Waals surface area contributed by atoms with Crippen LogP contribution in [-0.4, -0.2) is 75.4 Å². The van der Waals surface area contributed by atoms with Gasteiger partial charge in [-0.15, -0.1) is 24.0 Å². The minimum Gasteiger partial charge on any atom is -0.377 e. The maximum absolute atomic E-state index is 12.0. The van der Waals surface area contributed by atoms with Crippen LogP contribution in [0.5, 0.6) is 0 Å². The van der Waals surface area contributed by atoms with Crippen molar-refractivity contribution in [3.05, 3.63) is 0 Å². The number of nitrogens with zero attached hydrogens (tertiary/aromatic N) is 2. The fraction of sp³-hybridized carbons (Fsp3) is 0.882. The molecule has 148 valence electrons. The van der Waals surface area contributed by atoms with Gasteiger partial charge in [-0.3, -0.25) is 9.79 Å². The lowest BCUT2D eigenvalue weighted by atomic mass is 10.2. The number of carbonyl (C=O) groups excluding carboxylic acids is 1. The van der Waals surface area contributed by atoms with Crippen molar-refractivity contribution in [1.82, 2.24) is 15.5 Å². The van der Waals surface area contributed by atoms with Gasteiger partial charge in [0.25, 0.3) is 0 Å². The molecule has 0 bridgehead atoms. The molecule has 1 aliphatic heterocycles. The highest BCUT2D eigenvalue weighted by Gasteiger charge is 2.15. The molecule has 1 amide bonds. The van der Waals surface area contributed by atoms with Crippen molar-refractivity contribution in [1.29, 1.82) is 0 Å². The molecule has 0 aromatic rings. The Kier molecular flexibility index (Phi) is 15.2. The van der Waals surface area contributed by atoms with Crippen LogP contribution in [0.4, 0.5) is 0 Å². The minimum atomic E-state index is 0. The minimum absolute atomic E-state index is 0. The Balaban J connectivity index is 0.00000576. The molecule has 0 saturated carbocycles. The zero-order valence-corrected chi connectivity index (χ0v) is 18.2. The van der Waals surface area contributed by atoms with Crippen molar-refractivity contribution >= 4 is 35.8 Å².